The summed E-state index contributed by atoms with van der Waals surface area (Å²) in [7, 11) is 1.51. The Morgan fingerprint density at radius 2 is 2.20 bits per heavy atom. The van der Waals surface area contributed by atoms with Crippen LogP contribution in [-0.2, 0) is 10.9 Å². The zero-order chi connectivity index (χ0) is 11.5. The summed E-state index contributed by atoms with van der Waals surface area (Å²) in [4.78, 5) is 3.32. The summed E-state index contributed by atoms with van der Waals surface area (Å²) in [5.74, 6) is -1.11. The van der Waals surface area contributed by atoms with Gasteiger partial charge in [-0.15, -0.1) is 0 Å². The molecule has 15 heavy (non-hydrogen) atoms. The average Bonchev–Trinajstić information content (AvgIpc) is 2.52. The molecular weight excluding hydrogens is 231 g/mol. The summed E-state index contributed by atoms with van der Waals surface area (Å²) in [6.45, 7) is 2.17. The molecule has 0 aromatic carbocycles. The number of halogens is 3. The van der Waals surface area contributed by atoms with Crippen molar-refractivity contribution in [3.63, 3.8) is 0 Å². The third kappa shape index (κ3) is 3.63. The number of nitrogens with zero attached hydrogens (tertiary/aromatic N) is 2. The molecular formula is C7H10F3N3OS. The van der Waals surface area contributed by atoms with Crippen molar-refractivity contribution in [2.75, 3.05) is 19.0 Å². The molecule has 86 valence electrons. The van der Waals surface area contributed by atoms with Gasteiger partial charge >= 0.3 is 6.18 Å². The third-order valence-corrected chi connectivity index (χ3v) is 2.11. The van der Waals surface area contributed by atoms with Gasteiger partial charge in [0.05, 0.1) is 6.61 Å². The Hall–Kier alpha value is -0.890. The van der Waals surface area contributed by atoms with Crippen LogP contribution in [0.2, 0.25) is 0 Å². The maximum Gasteiger partial charge on any atom is 0.452 e. The number of rotatable bonds is 4. The van der Waals surface area contributed by atoms with Crippen LogP contribution in [-0.4, -0.2) is 29.1 Å². The lowest BCUT2D eigenvalue weighted by molar-refractivity contribution is -0.144. The molecule has 0 fully saturated rings. The number of methoxy groups -OCH3 is 1. The van der Waals surface area contributed by atoms with Crippen LogP contribution in [0.15, 0.2) is 0 Å². The minimum atomic E-state index is -4.49. The molecule has 1 aromatic rings. The van der Waals surface area contributed by atoms with Gasteiger partial charge in [0.2, 0.25) is 11.0 Å². The Balaban J connectivity index is 2.61. The third-order valence-electron chi connectivity index (χ3n) is 1.47. The second-order valence-electron chi connectivity index (χ2n) is 2.92. The van der Waals surface area contributed by atoms with Gasteiger partial charge in [-0.05, 0) is 6.92 Å². The minimum Gasteiger partial charge on any atom is -0.383 e. The normalized spacial score (nSPS) is 13.9. The zero-order valence-corrected chi connectivity index (χ0v) is 8.95. The van der Waals surface area contributed by atoms with Gasteiger partial charge in [-0.2, -0.15) is 22.5 Å². The molecule has 8 heteroatoms. The second kappa shape index (κ2) is 4.75. The lowest BCUT2D eigenvalue weighted by Crippen LogP contribution is -2.20. The quantitative estimate of drug-likeness (QED) is 0.875. The van der Waals surface area contributed by atoms with Gasteiger partial charge in [0.15, 0.2) is 0 Å². The lowest BCUT2D eigenvalue weighted by atomic mass is 10.4. The summed E-state index contributed by atoms with van der Waals surface area (Å²) in [5, 5.41) is 2.90. The van der Waals surface area contributed by atoms with E-state index in [0.29, 0.717) is 18.1 Å². The molecule has 4 nitrogen and oxygen atoms in total. The molecule has 0 amide bonds. The molecule has 0 bridgehead atoms. The van der Waals surface area contributed by atoms with E-state index in [1.165, 1.54) is 7.11 Å². The van der Waals surface area contributed by atoms with Crippen LogP contribution in [0.25, 0.3) is 0 Å². The number of nitrogens with one attached hydrogen (secondary N) is 1. The predicted octanol–water partition coefficient (Wildman–Crippen LogP) is 2.00. The van der Waals surface area contributed by atoms with Gasteiger partial charge < -0.3 is 10.1 Å². The lowest BCUT2D eigenvalue weighted by Gasteiger charge is -2.10. The molecule has 0 aliphatic heterocycles. The van der Waals surface area contributed by atoms with Gasteiger partial charge in [0.1, 0.15) is 0 Å². The SMILES string of the molecule is COCC(C)Nc1nc(C(F)(F)F)ns1. The first kappa shape index (κ1) is 12.2. The highest BCUT2D eigenvalue weighted by Gasteiger charge is 2.36. The Kier molecular flexibility index (Phi) is 3.86. The molecule has 0 saturated carbocycles. The van der Waals surface area contributed by atoms with Crippen molar-refractivity contribution in [2.45, 2.75) is 19.1 Å². The van der Waals surface area contributed by atoms with E-state index in [1.807, 2.05) is 0 Å². The monoisotopic (exact) mass is 241 g/mol. The van der Waals surface area contributed by atoms with Crippen LogP contribution < -0.4 is 5.32 Å². The molecule has 0 aliphatic carbocycles. The van der Waals surface area contributed by atoms with Crippen molar-refractivity contribution in [2.24, 2.45) is 0 Å². The molecule has 0 aliphatic rings. The molecule has 1 N–H and O–H groups in total. The van der Waals surface area contributed by atoms with Crippen molar-refractivity contribution in [1.82, 2.24) is 9.36 Å². The standard InChI is InChI=1S/C7H10F3N3OS/c1-4(3-14-2)11-6-12-5(13-15-6)7(8,9)10/h4H,3H2,1-2H3,(H,11,12,13). The van der Waals surface area contributed by atoms with E-state index < -0.39 is 12.0 Å². The molecule has 1 unspecified atom stereocenters. The number of hydrogen-bond acceptors (Lipinski definition) is 5. The number of anilines is 1. The van der Waals surface area contributed by atoms with Crippen molar-refractivity contribution < 1.29 is 17.9 Å². The van der Waals surface area contributed by atoms with E-state index in [-0.39, 0.29) is 11.2 Å². The van der Waals surface area contributed by atoms with Gasteiger partial charge in [-0.1, -0.05) is 0 Å². The van der Waals surface area contributed by atoms with E-state index in [0.717, 1.165) is 0 Å². The molecule has 1 heterocycles. The van der Waals surface area contributed by atoms with Crippen LogP contribution in [0, 0.1) is 0 Å². The van der Waals surface area contributed by atoms with Gasteiger partial charge in [0, 0.05) is 24.7 Å². The highest BCUT2D eigenvalue weighted by molar-refractivity contribution is 7.09. The molecule has 0 spiro atoms. The van der Waals surface area contributed by atoms with Crippen molar-refractivity contribution in [3.8, 4) is 0 Å². The molecule has 1 atom stereocenters. The van der Waals surface area contributed by atoms with Crippen LogP contribution in [0.1, 0.15) is 12.7 Å². The van der Waals surface area contributed by atoms with Gasteiger partial charge in [-0.25, -0.2) is 0 Å². The highest BCUT2D eigenvalue weighted by atomic mass is 32.1. The fourth-order valence-electron chi connectivity index (χ4n) is 0.900. The summed E-state index contributed by atoms with van der Waals surface area (Å²) < 4.78 is 44.4. The first-order valence-corrected chi connectivity index (χ1v) is 4.87. The average molecular weight is 241 g/mol. The predicted molar refractivity (Wildman–Crippen MR) is 49.9 cm³/mol. The van der Waals surface area contributed by atoms with E-state index in [2.05, 4.69) is 14.7 Å². The molecule has 1 aromatic heterocycles. The first-order valence-electron chi connectivity index (χ1n) is 4.10. The van der Waals surface area contributed by atoms with E-state index >= 15 is 0 Å². The van der Waals surface area contributed by atoms with Crippen molar-refractivity contribution in [3.05, 3.63) is 5.82 Å². The number of aromatic nitrogens is 2. The zero-order valence-electron chi connectivity index (χ0n) is 8.13. The highest BCUT2D eigenvalue weighted by Crippen LogP contribution is 2.28. The van der Waals surface area contributed by atoms with E-state index in [4.69, 9.17) is 4.74 Å². The van der Waals surface area contributed by atoms with Crippen molar-refractivity contribution in [1.29, 1.82) is 0 Å². The molecule has 1 rings (SSSR count). The minimum absolute atomic E-state index is 0.107. The molecule has 0 saturated heterocycles. The van der Waals surface area contributed by atoms with Crippen LogP contribution in [0.3, 0.4) is 0 Å². The van der Waals surface area contributed by atoms with E-state index in [1.54, 1.807) is 6.92 Å². The Morgan fingerprint density at radius 3 is 2.67 bits per heavy atom. The summed E-state index contributed by atoms with van der Waals surface area (Å²) in [6.07, 6.45) is -4.49. The summed E-state index contributed by atoms with van der Waals surface area (Å²) >= 11 is 0.683. The number of hydrogen-bond donors (Lipinski definition) is 1. The van der Waals surface area contributed by atoms with Crippen molar-refractivity contribution >= 4 is 16.7 Å². The van der Waals surface area contributed by atoms with Crippen LogP contribution >= 0.6 is 11.5 Å². The summed E-state index contributed by atoms with van der Waals surface area (Å²) in [6, 6.07) is -0.107. The number of alkyl halides is 3. The first-order chi connectivity index (χ1) is 6.93. The van der Waals surface area contributed by atoms with Gasteiger partial charge in [-0.3, -0.25) is 0 Å². The fourth-order valence-corrected chi connectivity index (χ4v) is 1.60. The van der Waals surface area contributed by atoms with Crippen LogP contribution in [0.4, 0.5) is 18.3 Å². The Morgan fingerprint density at radius 1 is 1.53 bits per heavy atom. The smallest absolute Gasteiger partial charge is 0.383 e. The Labute approximate surface area is 88.6 Å². The Bertz CT molecular complexity index is 315. The maximum atomic E-state index is 12.1. The largest absolute Gasteiger partial charge is 0.452 e. The molecule has 0 radical (unpaired) electrons. The topological polar surface area (TPSA) is 47.0 Å². The van der Waals surface area contributed by atoms with E-state index in [9.17, 15) is 13.2 Å². The maximum absolute atomic E-state index is 12.1. The fraction of sp³-hybridized carbons (Fsp3) is 0.714. The van der Waals surface area contributed by atoms with Crippen LogP contribution in [0.5, 0.6) is 0 Å². The second-order valence-corrected chi connectivity index (χ2v) is 3.67. The summed E-state index contributed by atoms with van der Waals surface area (Å²) in [5.41, 5.74) is 0. The van der Waals surface area contributed by atoms with Gasteiger partial charge in [0.25, 0.3) is 0 Å². The number of ether oxygens (including phenoxy) is 1.